The maximum atomic E-state index is 11.7. The van der Waals surface area contributed by atoms with Gasteiger partial charge in [-0.1, -0.05) is 26.0 Å². The molecule has 0 saturated heterocycles. The van der Waals surface area contributed by atoms with Crippen molar-refractivity contribution in [2.75, 3.05) is 19.6 Å². The van der Waals surface area contributed by atoms with Crippen molar-refractivity contribution in [1.82, 2.24) is 4.90 Å². The quantitative estimate of drug-likeness (QED) is 0.558. The Balaban J connectivity index is 2.53. The lowest BCUT2D eigenvalue weighted by Gasteiger charge is -2.16. The topological polar surface area (TPSA) is 46.6 Å². The summed E-state index contributed by atoms with van der Waals surface area (Å²) < 4.78 is 5.24. The number of carbonyl (C=O) groups excluding carboxylic acids is 2. The van der Waals surface area contributed by atoms with Gasteiger partial charge in [-0.05, 0) is 37.7 Å². The zero-order valence-electron chi connectivity index (χ0n) is 11.8. The number of hydrogen-bond donors (Lipinski definition) is 0. The Morgan fingerprint density at radius 3 is 2.16 bits per heavy atom. The van der Waals surface area contributed by atoms with E-state index >= 15 is 0 Å². The Morgan fingerprint density at radius 2 is 1.68 bits per heavy atom. The first-order valence-corrected chi connectivity index (χ1v) is 6.56. The van der Waals surface area contributed by atoms with Gasteiger partial charge in [0.05, 0.1) is 6.54 Å². The van der Waals surface area contributed by atoms with E-state index in [0.29, 0.717) is 18.7 Å². The molecule has 0 fully saturated rings. The van der Waals surface area contributed by atoms with Gasteiger partial charge < -0.3 is 4.74 Å². The van der Waals surface area contributed by atoms with Gasteiger partial charge in [-0.2, -0.15) is 0 Å². The second-order valence-electron chi connectivity index (χ2n) is 4.46. The highest BCUT2D eigenvalue weighted by Crippen LogP contribution is 2.13. The number of likely N-dealkylation sites (N-methyl/N-ethyl adjacent to an activating group) is 1. The van der Waals surface area contributed by atoms with Gasteiger partial charge in [0.15, 0.2) is 0 Å². The maximum absolute atomic E-state index is 11.7. The fourth-order valence-electron chi connectivity index (χ4n) is 1.76. The fourth-order valence-corrected chi connectivity index (χ4v) is 1.76. The summed E-state index contributed by atoms with van der Waals surface area (Å²) in [7, 11) is 0. The Kier molecular flexibility index (Phi) is 6.22. The van der Waals surface area contributed by atoms with Crippen LogP contribution < -0.4 is 4.74 Å². The third-order valence-corrected chi connectivity index (χ3v) is 2.86. The summed E-state index contributed by atoms with van der Waals surface area (Å²) in [6, 6.07) is 7.06. The van der Waals surface area contributed by atoms with Crippen LogP contribution in [-0.2, 0) is 16.0 Å². The van der Waals surface area contributed by atoms with Crippen LogP contribution in [0.3, 0.4) is 0 Å². The average molecular weight is 263 g/mol. The van der Waals surface area contributed by atoms with Crippen molar-refractivity contribution in [2.45, 2.75) is 27.2 Å². The van der Waals surface area contributed by atoms with Crippen LogP contribution in [0, 0.1) is 0 Å². The van der Waals surface area contributed by atoms with E-state index in [2.05, 4.69) is 0 Å². The number of ketones is 1. The van der Waals surface area contributed by atoms with Crippen LogP contribution in [0.4, 0.5) is 0 Å². The molecule has 0 N–H and O–H groups in total. The number of hydrogen-bond acceptors (Lipinski definition) is 4. The summed E-state index contributed by atoms with van der Waals surface area (Å²) in [6.45, 7) is 7.51. The molecule has 0 aliphatic heterocycles. The third-order valence-electron chi connectivity index (χ3n) is 2.86. The van der Waals surface area contributed by atoms with E-state index in [1.165, 1.54) is 0 Å². The Labute approximate surface area is 114 Å². The summed E-state index contributed by atoms with van der Waals surface area (Å²) >= 11 is 0. The second kappa shape index (κ2) is 7.69. The third kappa shape index (κ3) is 5.66. The molecular formula is C15H21NO3. The standard InChI is InChI=1S/C15H21NO3/c1-4-16(5-2)11-15(18)19-14-8-6-13(7-9-14)10-12(3)17/h6-9H,4-5,10-11H2,1-3H3. The lowest BCUT2D eigenvalue weighted by atomic mass is 10.1. The van der Waals surface area contributed by atoms with Crippen LogP contribution in [0.25, 0.3) is 0 Å². The molecule has 0 bridgehead atoms. The van der Waals surface area contributed by atoms with E-state index in [0.717, 1.165) is 18.7 Å². The SMILES string of the molecule is CCN(CC)CC(=O)Oc1ccc(CC(C)=O)cc1. The number of rotatable bonds is 7. The molecular weight excluding hydrogens is 242 g/mol. The number of Topliss-reactive ketones (excluding diaryl/α,β-unsaturated/α-hetero) is 1. The van der Waals surface area contributed by atoms with Crippen molar-refractivity contribution in [3.05, 3.63) is 29.8 Å². The van der Waals surface area contributed by atoms with Gasteiger partial charge in [0, 0.05) is 6.42 Å². The molecule has 1 aromatic carbocycles. The van der Waals surface area contributed by atoms with E-state index in [4.69, 9.17) is 4.74 Å². The van der Waals surface area contributed by atoms with Gasteiger partial charge in [0.2, 0.25) is 0 Å². The molecule has 19 heavy (non-hydrogen) atoms. The molecule has 0 radical (unpaired) electrons. The zero-order chi connectivity index (χ0) is 14.3. The van der Waals surface area contributed by atoms with Crippen molar-refractivity contribution in [1.29, 1.82) is 0 Å². The molecule has 0 aliphatic rings. The van der Waals surface area contributed by atoms with E-state index in [-0.39, 0.29) is 11.8 Å². The molecule has 4 nitrogen and oxygen atoms in total. The summed E-state index contributed by atoms with van der Waals surface area (Å²) in [6.07, 6.45) is 0.410. The molecule has 0 spiro atoms. The summed E-state index contributed by atoms with van der Waals surface area (Å²) in [5, 5.41) is 0. The van der Waals surface area contributed by atoms with Crippen LogP contribution in [0.5, 0.6) is 5.75 Å². The smallest absolute Gasteiger partial charge is 0.325 e. The van der Waals surface area contributed by atoms with Crippen LogP contribution in [0.2, 0.25) is 0 Å². The number of ether oxygens (including phenoxy) is 1. The van der Waals surface area contributed by atoms with Gasteiger partial charge in [0.1, 0.15) is 11.5 Å². The summed E-state index contributed by atoms with van der Waals surface area (Å²) in [5.41, 5.74) is 0.927. The van der Waals surface area contributed by atoms with Crippen LogP contribution >= 0.6 is 0 Å². The molecule has 1 aromatic rings. The van der Waals surface area contributed by atoms with Crippen LogP contribution in [0.1, 0.15) is 26.3 Å². The summed E-state index contributed by atoms with van der Waals surface area (Å²) in [4.78, 5) is 24.7. The molecule has 0 atom stereocenters. The number of nitrogens with zero attached hydrogens (tertiary/aromatic N) is 1. The minimum Gasteiger partial charge on any atom is -0.426 e. The Hall–Kier alpha value is -1.68. The van der Waals surface area contributed by atoms with Gasteiger partial charge >= 0.3 is 5.97 Å². The molecule has 0 amide bonds. The average Bonchev–Trinajstić information content (AvgIpc) is 2.37. The molecule has 0 saturated carbocycles. The monoisotopic (exact) mass is 263 g/mol. The van der Waals surface area contributed by atoms with Crippen molar-refractivity contribution in [2.24, 2.45) is 0 Å². The van der Waals surface area contributed by atoms with Crippen molar-refractivity contribution in [3.8, 4) is 5.75 Å². The predicted octanol–water partition coefficient (Wildman–Crippen LogP) is 2.07. The predicted molar refractivity (Wildman–Crippen MR) is 74.3 cm³/mol. The first-order valence-electron chi connectivity index (χ1n) is 6.56. The lowest BCUT2D eigenvalue weighted by molar-refractivity contribution is -0.135. The number of esters is 1. The first kappa shape index (κ1) is 15.4. The molecule has 0 aliphatic carbocycles. The molecule has 0 heterocycles. The minimum absolute atomic E-state index is 0.117. The van der Waals surface area contributed by atoms with Gasteiger partial charge in [-0.25, -0.2) is 0 Å². The van der Waals surface area contributed by atoms with Crippen LogP contribution in [0.15, 0.2) is 24.3 Å². The maximum Gasteiger partial charge on any atom is 0.325 e. The minimum atomic E-state index is -0.261. The van der Waals surface area contributed by atoms with Crippen LogP contribution in [-0.4, -0.2) is 36.3 Å². The highest BCUT2D eigenvalue weighted by Gasteiger charge is 2.09. The molecule has 0 unspecified atom stereocenters. The van der Waals surface area contributed by atoms with E-state index in [1.54, 1.807) is 31.2 Å². The fraction of sp³-hybridized carbons (Fsp3) is 0.467. The molecule has 4 heteroatoms. The summed E-state index contributed by atoms with van der Waals surface area (Å²) in [5.74, 6) is 0.374. The Bertz CT molecular complexity index is 422. The van der Waals surface area contributed by atoms with Crippen molar-refractivity contribution >= 4 is 11.8 Å². The van der Waals surface area contributed by atoms with Crippen molar-refractivity contribution < 1.29 is 14.3 Å². The highest BCUT2D eigenvalue weighted by molar-refractivity contribution is 5.78. The molecule has 1 rings (SSSR count). The van der Waals surface area contributed by atoms with E-state index in [1.807, 2.05) is 18.7 Å². The molecule has 104 valence electrons. The number of benzene rings is 1. The van der Waals surface area contributed by atoms with Gasteiger partial charge in [-0.3, -0.25) is 14.5 Å². The van der Waals surface area contributed by atoms with E-state index in [9.17, 15) is 9.59 Å². The number of carbonyl (C=O) groups is 2. The van der Waals surface area contributed by atoms with E-state index < -0.39 is 0 Å². The van der Waals surface area contributed by atoms with Crippen molar-refractivity contribution in [3.63, 3.8) is 0 Å². The van der Waals surface area contributed by atoms with Gasteiger partial charge in [-0.15, -0.1) is 0 Å². The Morgan fingerprint density at radius 1 is 1.11 bits per heavy atom. The van der Waals surface area contributed by atoms with Gasteiger partial charge in [0.25, 0.3) is 0 Å². The largest absolute Gasteiger partial charge is 0.426 e. The first-order chi connectivity index (χ1) is 9.05. The normalized spacial score (nSPS) is 10.5. The zero-order valence-corrected chi connectivity index (χ0v) is 11.8. The highest BCUT2D eigenvalue weighted by atomic mass is 16.5. The lowest BCUT2D eigenvalue weighted by Crippen LogP contribution is -2.31. The second-order valence-corrected chi connectivity index (χ2v) is 4.46. The molecule has 0 aromatic heterocycles.